The molecular formula is C16H18ClN3OS. The summed E-state index contributed by atoms with van der Waals surface area (Å²) in [6.45, 7) is 2.64. The van der Waals surface area contributed by atoms with Gasteiger partial charge >= 0.3 is 0 Å². The first-order valence-corrected chi connectivity index (χ1v) is 8.74. The molecule has 22 heavy (non-hydrogen) atoms. The number of thioether (sulfide) groups is 1. The molecule has 0 radical (unpaired) electrons. The predicted molar refractivity (Wildman–Crippen MR) is 89.6 cm³/mol. The molecule has 1 aromatic carbocycles. The van der Waals surface area contributed by atoms with Gasteiger partial charge in [-0.05, 0) is 17.9 Å². The van der Waals surface area contributed by atoms with Crippen molar-refractivity contribution in [3.63, 3.8) is 0 Å². The predicted octanol–water partition coefficient (Wildman–Crippen LogP) is 3.42. The van der Waals surface area contributed by atoms with E-state index in [4.69, 9.17) is 16.3 Å². The lowest BCUT2D eigenvalue weighted by Gasteiger charge is -2.28. The lowest BCUT2D eigenvalue weighted by Crippen LogP contribution is -2.31. The molecule has 2 aromatic rings. The number of hydrogen-bond acceptors (Lipinski definition) is 5. The molecule has 2 heterocycles. The van der Waals surface area contributed by atoms with Crippen LogP contribution in [-0.4, -0.2) is 34.8 Å². The number of fused-ring (bicyclic) bond motifs is 1. The van der Waals surface area contributed by atoms with Gasteiger partial charge in [0.2, 0.25) is 0 Å². The third-order valence-corrected chi connectivity index (χ3v) is 4.82. The monoisotopic (exact) mass is 335 g/mol. The van der Waals surface area contributed by atoms with Crippen LogP contribution in [0.5, 0.6) is 5.75 Å². The molecule has 1 aliphatic rings. The second-order valence-corrected chi connectivity index (χ2v) is 6.37. The van der Waals surface area contributed by atoms with E-state index in [-0.39, 0.29) is 0 Å². The topological polar surface area (TPSA) is 38.2 Å². The van der Waals surface area contributed by atoms with Crippen LogP contribution < -0.4 is 4.74 Å². The van der Waals surface area contributed by atoms with Crippen molar-refractivity contribution in [2.24, 2.45) is 0 Å². The second kappa shape index (κ2) is 6.86. The maximum absolute atomic E-state index is 6.39. The molecule has 3 rings (SSSR count). The number of halogens is 1. The zero-order valence-corrected chi connectivity index (χ0v) is 14.2. The fourth-order valence-electron chi connectivity index (χ4n) is 2.67. The number of hydrogen-bond donors (Lipinski definition) is 0. The molecule has 0 bridgehead atoms. The summed E-state index contributed by atoms with van der Waals surface area (Å²) in [7, 11) is 1.64. The Balaban J connectivity index is 1.75. The summed E-state index contributed by atoms with van der Waals surface area (Å²) in [6.07, 6.45) is 4.90. The second-order valence-electron chi connectivity index (χ2n) is 5.22. The minimum Gasteiger partial charge on any atom is -0.495 e. The van der Waals surface area contributed by atoms with Gasteiger partial charge < -0.3 is 4.74 Å². The minimum absolute atomic E-state index is 0.699. The van der Waals surface area contributed by atoms with Gasteiger partial charge in [0.05, 0.1) is 17.8 Å². The van der Waals surface area contributed by atoms with E-state index in [2.05, 4.69) is 14.9 Å². The van der Waals surface area contributed by atoms with Crippen LogP contribution in [0, 0.1) is 0 Å². The van der Waals surface area contributed by atoms with Crippen molar-refractivity contribution in [2.45, 2.75) is 24.7 Å². The largest absolute Gasteiger partial charge is 0.495 e. The first-order valence-electron chi connectivity index (χ1n) is 7.13. The number of rotatable bonds is 4. The van der Waals surface area contributed by atoms with Crippen LogP contribution >= 0.6 is 23.4 Å². The van der Waals surface area contributed by atoms with Gasteiger partial charge in [-0.2, -0.15) is 0 Å². The maximum Gasteiger partial charge on any atom is 0.187 e. The molecule has 4 nitrogen and oxygen atoms in total. The van der Waals surface area contributed by atoms with Gasteiger partial charge in [-0.15, -0.1) is 0 Å². The van der Waals surface area contributed by atoms with Crippen LogP contribution in [0.25, 0.3) is 0 Å². The van der Waals surface area contributed by atoms with Crippen molar-refractivity contribution in [3.8, 4) is 5.75 Å². The third-order valence-electron chi connectivity index (χ3n) is 3.83. The van der Waals surface area contributed by atoms with Crippen molar-refractivity contribution in [2.75, 3.05) is 19.9 Å². The van der Waals surface area contributed by atoms with Crippen LogP contribution in [0.1, 0.15) is 16.8 Å². The number of methoxy groups -OCH3 is 1. The molecule has 0 spiro atoms. The Kier molecular flexibility index (Phi) is 4.86. The molecule has 0 atom stereocenters. The summed E-state index contributed by atoms with van der Waals surface area (Å²) < 4.78 is 5.28. The Morgan fingerprint density at radius 2 is 2.27 bits per heavy atom. The lowest BCUT2D eigenvalue weighted by atomic mass is 10.1. The molecule has 1 aromatic heterocycles. The molecular weight excluding hydrogens is 318 g/mol. The van der Waals surface area contributed by atoms with Gasteiger partial charge in [0.1, 0.15) is 5.75 Å². The highest BCUT2D eigenvalue weighted by atomic mass is 35.5. The lowest BCUT2D eigenvalue weighted by molar-refractivity contribution is 0.242. The summed E-state index contributed by atoms with van der Waals surface area (Å²) in [5.41, 5.74) is 3.47. The zero-order valence-electron chi connectivity index (χ0n) is 12.7. The molecule has 0 aliphatic carbocycles. The van der Waals surface area contributed by atoms with Crippen LogP contribution in [-0.2, 0) is 19.5 Å². The van der Waals surface area contributed by atoms with Gasteiger partial charge in [0.15, 0.2) is 5.16 Å². The maximum atomic E-state index is 6.39. The Bertz CT molecular complexity index is 680. The van der Waals surface area contributed by atoms with E-state index in [1.54, 1.807) is 18.9 Å². The van der Waals surface area contributed by atoms with E-state index in [9.17, 15) is 0 Å². The number of aromatic nitrogens is 2. The first-order chi connectivity index (χ1) is 10.7. The van der Waals surface area contributed by atoms with Gasteiger partial charge in [-0.25, -0.2) is 9.97 Å². The van der Waals surface area contributed by atoms with Crippen LogP contribution in [0.15, 0.2) is 29.6 Å². The van der Waals surface area contributed by atoms with E-state index in [1.807, 2.05) is 30.7 Å². The fourth-order valence-corrected chi connectivity index (χ4v) is 3.29. The fraction of sp³-hybridized carbons (Fsp3) is 0.375. The quantitative estimate of drug-likeness (QED) is 0.632. The Morgan fingerprint density at radius 3 is 3.05 bits per heavy atom. The van der Waals surface area contributed by atoms with E-state index in [0.29, 0.717) is 5.02 Å². The number of nitrogens with zero attached hydrogens (tertiary/aromatic N) is 3. The summed E-state index contributed by atoms with van der Waals surface area (Å²) in [5, 5.41) is 1.55. The van der Waals surface area contributed by atoms with Crippen molar-refractivity contribution in [1.82, 2.24) is 14.9 Å². The standard InChI is InChI=1S/C16H18ClN3OS/c1-21-14-5-3-4-11(15(14)17)9-20-7-6-13-12(10-20)8-18-16(19-13)22-2/h3-5,8H,6-7,9-10H2,1-2H3. The zero-order chi connectivity index (χ0) is 15.5. The van der Waals surface area contributed by atoms with E-state index >= 15 is 0 Å². The van der Waals surface area contributed by atoms with Gasteiger partial charge in [0.25, 0.3) is 0 Å². The van der Waals surface area contributed by atoms with Crippen molar-refractivity contribution < 1.29 is 4.74 Å². The average molecular weight is 336 g/mol. The Labute approximate surface area is 139 Å². The first kappa shape index (κ1) is 15.6. The van der Waals surface area contributed by atoms with Gasteiger partial charge in [-0.3, -0.25) is 4.90 Å². The molecule has 0 unspecified atom stereocenters. The van der Waals surface area contributed by atoms with Crippen molar-refractivity contribution in [1.29, 1.82) is 0 Å². The van der Waals surface area contributed by atoms with E-state index < -0.39 is 0 Å². The smallest absolute Gasteiger partial charge is 0.187 e. The minimum atomic E-state index is 0.699. The van der Waals surface area contributed by atoms with Crippen molar-refractivity contribution in [3.05, 3.63) is 46.2 Å². The molecule has 0 saturated heterocycles. The summed E-state index contributed by atoms with van der Waals surface area (Å²) in [4.78, 5) is 11.3. The number of ether oxygens (including phenoxy) is 1. The van der Waals surface area contributed by atoms with Crippen LogP contribution in [0.2, 0.25) is 5.02 Å². The molecule has 0 N–H and O–H groups in total. The Morgan fingerprint density at radius 1 is 1.41 bits per heavy atom. The molecule has 1 aliphatic heterocycles. The highest BCUT2D eigenvalue weighted by Crippen LogP contribution is 2.29. The van der Waals surface area contributed by atoms with E-state index in [1.165, 1.54) is 11.3 Å². The average Bonchev–Trinajstić information content (AvgIpc) is 2.56. The molecule has 6 heteroatoms. The normalized spacial score (nSPS) is 14.7. The molecule has 0 saturated carbocycles. The van der Waals surface area contributed by atoms with Crippen molar-refractivity contribution >= 4 is 23.4 Å². The van der Waals surface area contributed by atoms with Crippen LogP contribution in [0.4, 0.5) is 0 Å². The highest BCUT2D eigenvalue weighted by Gasteiger charge is 2.19. The van der Waals surface area contributed by atoms with Gasteiger partial charge in [-0.1, -0.05) is 35.5 Å². The molecule has 116 valence electrons. The highest BCUT2D eigenvalue weighted by molar-refractivity contribution is 7.98. The third kappa shape index (κ3) is 3.21. The molecule has 0 fully saturated rings. The summed E-state index contributed by atoms with van der Waals surface area (Å²) in [5.74, 6) is 0.726. The Hall–Kier alpha value is -1.30. The summed E-state index contributed by atoms with van der Waals surface area (Å²) in [6, 6.07) is 5.91. The van der Waals surface area contributed by atoms with Crippen LogP contribution in [0.3, 0.4) is 0 Å². The summed E-state index contributed by atoms with van der Waals surface area (Å²) >= 11 is 7.97. The van der Waals surface area contributed by atoms with E-state index in [0.717, 1.165) is 42.5 Å². The molecule has 0 amide bonds. The number of benzene rings is 1. The van der Waals surface area contributed by atoms with Gasteiger partial charge in [0, 0.05) is 37.8 Å². The SMILES string of the molecule is COc1cccc(CN2CCc3nc(SC)ncc3C2)c1Cl.